The Kier molecular flexibility index (Phi) is 6.97. The van der Waals surface area contributed by atoms with Crippen LogP contribution in [-0.4, -0.2) is 22.9 Å². The number of thiazole rings is 1. The summed E-state index contributed by atoms with van der Waals surface area (Å²) < 4.78 is 7.71. The first-order valence-corrected chi connectivity index (χ1v) is 11.4. The van der Waals surface area contributed by atoms with Crippen LogP contribution in [0.3, 0.4) is 0 Å². The molecule has 1 N–H and O–H groups in total. The smallest absolute Gasteiger partial charge is 0.190 e. The van der Waals surface area contributed by atoms with Gasteiger partial charge >= 0.3 is 0 Å². The third-order valence-electron chi connectivity index (χ3n) is 5.00. The van der Waals surface area contributed by atoms with Gasteiger partial charge in [-0.25, -0.2) is 4.99 Å². The summed E-state index contributed by atoms with van der Waals surface area (Å²) in [5.74, 6) is 0.847. The van der Waals surface area contributed by atoms with Crippen molar-refractivity contribution in [2.75, 3.05) is 13.2 Å². The lowest BCUT2D eigenvalue weighted by molar-refractivity contribution is 0.279. The molecule has 31 heavy (non-hydrogen) atoms. The highest BCUT2D eigenvalue weighted by atomic mass is 32.1. The minimum absolute atomic E-state index is 0.151. The second kappa shape index (κ2) is 10.2. The quantitative estimate of drug-likeness (QED) is 0.378. The van der Waals surface area contributed by atoms with Gasteiger partial charge in [-0.3, -0.25) is 0 Å². The maximum absolute atomic E-state index is 9.40. The van der Waals surface area contributed by atoms with Crippen molar-refractivity contribution in [1.82, 2.24) is 4.57 Å². The fourth-order valence-electron chi connectivity index (χ4n) is 3.45. The van der Waals surface area contributed by atoms with Gasteiger partial charge in [0.05, 0.1) is 18.0 Å². The fourth-order valence-corrected chi connectivity index (χ4v) is 4.41. The molecule has 4 rings (SSSR count). The number of nitrogens with zero attached hydrogens (tertiary/aromatic N) is 2. The second-order valence-electron chi connectivity index (χ2n) is 7.11. The van der Waals surface area contributed by atoms with Crippen molar-refractivity contribution < 1.29 is 9.84 Å². The number of benzene rings is 3. The molecule has 0 amide bonds. The fraction of sp³-hybridized carbons (Fsp3) is 0.192. The van der Waals surface area contributed by atoms with Crippen LogP contribution >= 0.6 is 11.3 Å². The van der Waals surface area contributed by atoms with Crippen LogP contribution in [0, 0.1) is 0 Å². The highest BCUT2D eigenvalue weighted by Gasteiger charge is 2.09. The minimum Gasteiger partial charge on any atom is -0.494 e. The van der Waals surface area contributed by atoms with Crippen molar-refractivity contribution >= 4 is 17.0 Å². The van der Waals surface area contributed by atoms with E-state index in [1.807, 2.05) is 37.3 Å². The molecule has 0 atom stereocenters. The van der Waals surface area contributed by atoms with E-state index >= 15 is 0 Å². The van der Waals surface area contributed by atoms with Gasteiger partial charge in [0.25, 0.3) is 0 Å². The molecule has 0 aliphatic carbocycles. The van der Waals surface area contributed by atoms with Gasteiger partial charge in [-0.15, -0.1) is 11.3 Å². The maximum Gasteiger partial charge on any atom is 0.190 e. The van der Waals surface area contributed by atoms with Gasteiger partial charge in [-0.05, 0) is 54.3 Å². The summed E-state index contributed by atoms with van der Waals surface area (Å²) in [5.41, 5.74) is 5.54. The molecule has 4 nitrogen and oxygen atoms in total. The Morgan fingerprint density at radius 1 is 0.871 bits per heavy atom. The lowest BCUT2D eigenvalue weighted by atomic mass is 10.0. The molecule has 4 aromatic rings. The van der Waals surface area contributed by atoms with E-state index in [2.05, 4.69) is 58.5 Å². The van der Waals surface area contributed by atoms with Crippen molar-refractivity contribution in [1.29, 1.82) is 0 Å². The molecule has 0 fully saturated rings. The van der Waals surface area contributed by atoms with E-state index in [9.17, 15) is 5.11 Å². The summed E-state index contributed by atoms with van der Waals surface area (Å²) in [6.45, 7) is 3.49. The second-order valence-corrected chi connectivity index (χ2v) is 7.95. The van der Waals surface area contributed by atoms with Crippen LogP contribution in [0.5, 0.6) is 5.75 Å². The van der Waals surface area contributed by atoms with Gasteiger partial charge < -0.3 is 14.4 Å². The Labute approximate surface area is 186 Å². The SMILES string of the molecule is CCOc1ccc(N=c2scc(-c3ccc(-c4ccccc4)cc3)n2CCCO)cc1. The first-order chi connectivity index (χ1) is 15.3. The summed E-state index contributed by atoms with van der Waals surface area (Å²) in [4.78, 5) is 5.77. The number of ether oxygens (including phenoxy) is 1. The third-order valence-corrected chi connectivity index (χ3v) is 5.86. The number of aromatic nitrogens is 1. The zero-order valence-corrected chi connectivity index (χ0v) is 18.4. The average molecular weight is 431 g/mol. The Morgan fingerprint density at radius 2 is 1.55 bits per heavy atom. The zero-order chi connectivity index (χ0) is 21.5. The Balaban J connectivity index is 1.67. The first-order valence-electron chi connectivity index (χ1n) is 10.5. The van der Waals surface area contributed by atoms with Crippen molar-refractivity contribution in [2.45, 2.75) is 19.9 Å². The molecule has 0 spiro atoms. The molecule has 0 saturated heterocycles. The first kappa shape index (κ1) is 21.1. The van der Waals surface area contributed by atoms with Crippen LogP contribution in [0.15, 0.2) is 89.2 Å². The highest BCUT2D eigenvalue weighted by molar-refractivity contribution is 7.07. The van der Waals surface area contributed by atoms with Crippen LogP contribution in [-0.2, 0) is 6.54 Å². The Hall–Kier alpha value is -3.15. The van der Waals surface area contributed by atoms with Gasteiger partial charge in [-0.2, -0.15) is 0 Å². The minimum atomic E-state index is 0.151. The number of aliphatic hydroxyl groups excluding tert-OH is 1. The average Bonchev–Trinajstić information content (AvgIpc) is 3.22. The Morgan fingerprint density at radius 3 is 2.23 bits per heavy atom. The standard InChI is InChI=1S/C26H26N2O2S/c1-2-30-24-15-13-23(14-16-24)27-26-28(17-6-18-29)25(19-31-26)22-11-9-21(10-12-22)20-7-4-3-5-8-20/h3-5,7-16,19,29H,2,6,17-18H2,1H3. The van der Waals surface area contributed by atoms with Crippen LogP contribution in [0.25, 0.3) is 22.4 Å². The molecule has 1 heterocycles. The summed E-state index contributed by atoms with van der Waals surface area (Å²) in [6.07, 6.45) is 0.683. The molecule has 0 unspecified atom stereocenters. The molecule has 0 aliphatic rings. The molecular weight excluding hydrogens is 404 g/mol. The van der Waals surface area contributed by atoms with Crippen molar-refractivity contribution in [3.63, 3.8) is 0 Å². The van der Waals surface area contributed by atoms with Crippen LogP contribution in [0.1, 0.15) is 13.3 Å². The molecule has 0 radical (unpaired) electrons. The molecule has 3 aromatic carbocycles. The highest BCUT2D eigenvalue weighted by Crippen LogP contribution is 2.26. The lowest BCUT2D eigenvalue weighted by Crippen LogP contribution is -2.16. The molecule has 158 valence electrons. The molecule has 0 saturated carbocycles. The number of hydrogen-bond acceptors (Lipinski definition) is 4. The van der Waals surface area contributed by atoms with E-state index < -0.39 is 0 Å². The van der Waals surface area contributed by atoms with E-state index in [4.69, 9.17) is 9.73 Å². The molecule has 0 aliphatic heterocycles. The largest absolute Gasteiger partial charge is 0.494 e. The summed E-state index contributed by atoms with van der Waals surface area (Å²) in [6, 6.07) is 26.8. The lowest BCUT2D eigenvalue weighted by Gasteiger charge is -2.09. The monoisotopic (exact) mass is 430 g/mol. The molecule has 0 bridgehead atoms. The van der Waals surface area contributed by atoms with Gasteiger partial charge in [-0.1, -0.05) is 54.6 Å². The normalized spacial score (nSPS) is 11.6. The van der Waals surface area contributed by atoms with E-state index in [1.54, 1.807) is 11.3 Å². The van der Waals surface area contributed by atoms with Crippen LogP contribution in [0.2, 0.25) is 0 Å². The molecule has 5 heteroatoms. The summed E-state index contributed by atoms with van der Waals surface area (Å²) >= 11 is 1.61. The predicted molar refractivity (Wildman–Crippen MR) is 128 cm³/mol. The molecule has 1 aromatic heterocycles. The van der Waals surface area contributed by atoms with Crippen molar-refractivity contribution in [2.24, 2.45) is 4.99 Å². The van der Waals surface area contributed by atoms with Crippen LogP contribution < -0.4 is 9.54 Å². The van der Waals surface area contributed by atoms with E-state index in [1.165, 1.54) is 11.1 Å². The summed E-state index contributed by atoms with van der Waals surface area (Å²) in [5, 5.41) is 11.5. The topological polar surface area (TPSA) is 46.8 Å². The predicted octanol–water partition coefficient (Wildman–Crippen LogP) is 5.90. The molecular formula is C26H26N2O2S. The summed E-state index contributed by atoms with van der Waals surface area (Å²) in [7, 11) is 0. The van der Waals surface area contributed by atoms with Gasteiger partial charge in [0.2, 0.25) is 0 Å². The van der Waals surface area contributed by atoms with Gasteiger partial charge in [0, 0.05) is 18.5 Å². The van der Waals surface area contributed by atoms with E-state index in [0.717, 1.165) is 27.5 Å². The third kappa shape index (κ3) is 5.13. The van der Waals surface area contributed by atoms with Gasteiger partial charge in [0.15, 0.2) is 4.80 Å². The van der Waals surface area contributed by atoms with E-state index in [0.29, 0.717) is 19.6 Å². The van der Waals surface area contributed by atoms with E-state index in [-0.39, 0.29) is 6.61 Å². The number of aliphatic hydroxyl groups is 1. The Bertz CT molecular complexity index is 1160. The van der Waals surface area contributed by atoms with Crippen LogP contribution in [0.4, 0.5) is 5.69 Å². The van der Waals surface area contributed by atoms with Crippen molar-refractivity contribution in [3.05, 3.63) is 89.0 Å². The maximum atomic E-state index is 9.40. The van der Waals surface area contributed by atoms with Gasteiger partial charge in [0.1, 0.15) is 5.75 Å². The zero-order valence-electron chi connectivity index (χ0n) is 17.6. The number of hydrogen-bond donors (Lipinski definition) is 1. The van der Waals surface area contributed by atoms with Crippen molar-refractivity contribution in [3.8, 4) is 28.1 Å². The number of rotatable bonds is 8.